The van der Waals surface area contributed by atoms with Crippen molar-refractivity contribution in [2.24, 2.45) is 0 Å². The Morgan fingerprint density at radius 2 is 2.38 bits per heavy atom. The van der Waals surface area contributed by atoms with E-state index in [-0.39, 0.29) is 10.7 Å². The van der Waals surface area contributed by atoms with E-state index in [4.69, 9.17) is 0 Å². The third-order valence-corrected chi connectivity index (χ3v) is 3.23. The minimum atomic E-state index is -3.63. The molecule has 1 N–H and O–H groups in total. The van der Waals surface area contributed by atoms with Crippen LogP contribution >= 0.6 is 0 Å². The molecule has 86 valence electrons. The van der Waals surface area contributed by atoms with E-state index in [0.29, 0.717) is 6.54 Å². The lowest BCUT2D eigenvalue weighted by atomic mass is 10.7. The average Bonchev–Trinajstić information content (AvgIpc) is 2.85. The van der Waals surface area contributed by atoms with Crippen LogP contribution in [0.2, 0.25) is 0 Å². The maximum absolute atomic E-state index is 11.8. The van der Waals surface area contributed by atoms with E-state index >= 15 is 0 Å². The third kappa shape index (κ3) is 2.06. The molecule has 7 nitrogen and oxygen atoms in total. The van der Waals surface area contributed by atoms with Crippen LogP contribution in [0.5, 0.6) is 0 Å². The highest BCUT2D eigenvalue weighted by Crippen LogP contribution is 2.13. The van der Waals surface area contributed by atoms with Gasteiger partial charge in [0.25, 0.3) is 10.0 Å². The zero-order valence-electron chi connectivity index (χ0n) is 8.49. The molecule has 16 heavy (non-hydrogen) atoms. The quantitative estimate of drug-likeness (QED) is 0.851. The standard InChI is InChI=1S/C8H10N4O3S/c1-2-12-6-7(5-9-12)16(13,14)11-8-3-4-15-10-8/h3-6H,2H2,1H3,(H,10,11). The molecule has 2 aromatic rings. The maximum atomic E-state index is 11.8. The number of aryl methyl sites for hydroxylation is 1. The summed E-state index contributed by atoms with van der Waals surface area (Å²) in [6.45, 7) is 2.48. The molecule has 0 saturated carbocycles. The second kappa shape index (κ2) is 3.97. The Kier molecular flexibility index (Phi) is 2.65. The minimum absolute atomic E-state index is 0.0948. The van der Waals surface area contributed by atoms with Crippen LogP contribution in [-0.2, 0) is 16.6 Å². The van der Waals surface area contributed by atoms with E-state index in [1.54, 1.807) is 0 Å². The molecule has 0 bridgehead atoms. The molecule has 0 fully saturated rings. The fourth-order valence-corrected chi connectivity index (χ4v) is 2.06. The smallest absolute Gasteiger partial charge is 0.266 e. The second-order valence-corrected chi connectivity index (χ2v) is 4.70. The average molecular weight is 242 g/mol. The Hall–Kier alpha value is -1.83. The Balaban J connectivity index is 2.25. The number of nitrogens with one attached hydrogen (secondary N) is 1. The maximum Gasteiger partial charge on any atom is 0.266 e. The summed E-state index contributed by atoms with van der Waals surface area (Å²) in [6.07, 6.45) is 4.02. The molecule has 8 heteroatoms. The molecule has 0 saturated heterocycles. The number of anilines is 1. The summed E-state index contributed by atoms with van der Waals surface area (Å²) in [7, 11) is -3.63. The highest BCUT2D eigenvalue weighted by Gasteiger charge is 2.17. The number of hydrogen-bond donors (Lipinski definition) is 1. The molecule has 2 rings (SSSR count). The van der Waals surface area contributed by atoms with Gasteiger partial charge in [-0.2, -0.15) is 5.10 Å². The molecular formula is C8H10N4O3S. The molecule has 0 aliphatic rings. The van der Waals surface area contributed by atoms with E-state index in [1.165, 1.54) is 29.4 Å². The Morgan fingerprint density at radius 1 is 1.56 bits per heavy atom. The molecule has 0 aromatic carbocycles. The Labute approximate surface area is 92.1 Å². The van der Waals surface area contributed by atoms with Gasteiger partial charge in [0, 0.05) is 18.8 Å². The van der Waals surface area contributed by atoms with Crippen molar-refractivity contribution in [3.63, 3.8) is 0 Å². The highest BCUT2D eigenvalue weighted by molar-refractivity contribution is 7.92. The lowest BCUT2D eigenvalue weighted by Crippen LogP contribution is -2.12. The second-order valence-electron chi connectivity index (χ2n) is 3.02. The first-order chi connectivity index (χ1) is 7.62. The van der Waals surface area contributed by atoms with Crippen molar-refractivity contribution in [3.8, 4) is 0 Å². The van der Waals surface area contributed by atoms with Crippen molar-refractivity contribution in [2.45, 2.75) is 18.4 Å². The van der Waals surface area contributed by atoms with Gasteiger partial charge >= 0.3 is 0 Å². The zero-order chi connectivity index (χ0) is 11.6. The van der Waals surface area contributed by atoms with Crippen LogP contribution in [0.3, 0.4) is 0 Å². The fraction of sp³-hybridized carbons (Fsp3) is 0.250. The predicted molar refractivity (Wildman–Crippen MR) is 55.2 cm³/mol. The SMILES string of the molecule is CCn1cc(S(=O)(=O)Nc2ccon2)cn1. The van der Waals surface area contributed by atoms with Gasteiger partial charge in [-0.25, -0.2) is 8.42 Å². The molecule has 0 aliphatic heterocycles. The number of rotatable bonds is 4. The van der Waals surface area contributed by atoms with Crippen molar-refractivity contribution in [3.05, 3.63) is 24.7 Å². The van der Waals surface area contributed by atoms with Gasteiger partial charge in [-0.3, -0.25) is 9.40 Å². The summed E-state index contributed by atoms with van der Waals surface area (Å²) in [5.41, 5.74) is 0. The number of aromatic nitrogens is 3. The van der Waals surface area contributed by atoms with Gasteiger partial charge in [0.2, 0.25) is 0 Å². The van der Waals surface area contributed by atoms with Crippen LogP contribution in [0, 0.1) is 0 Å². The molecule has 0 aliphatic carbocycles. The number of sulfonamides is 1. The lowest BCUT2D eigenvalue weighted by Gasteiger charge is -2.00. The normalized spacial score (nSPS) is 11.6. The van der Waals surface area contributed by atoms with Gasteiger partial charge in [0.15, 0.2) is 5.82 Å². The first-order valence-corrected chi connectivity index (χ1v) is 6.06. The van der Waals surface area contributed by atoms with Gasteiger partial charge in [-0.05, 0) is 6.92 Å². The number of nitrogens with zero attached hydrogens (tertiary/aromatic N) is 3. The zero-order valence-corrected chi connectivity index (χ0v) is 9.31. The van der Waals surface area contributed by atoms with Crippen molar-refractivity contribution in [1.29, 1.82) is 0 Å². The first kappa shape index (κ1) is 10.7. The topological polar surface area (TPSA) is 90.0 Å². The van der Waals surface area contributed by atoms with Gasteiger partial charge < -0.3 is 4.52 Å². The van der Waals surface area contributed by atoms with Crippen LogP contribution in [-0.4, -0.2) is 23.4 Å². The van der Waals surface area contributed by atoms with Crippen molar-refractivity contribution < 1.29 is 12.9 Å². The predicted octanol–water partition coefficient (Wildman–Crippen LogP) is 0.692. The molecule has 0 spiro atoms. The van der Waals surface area contributed by atoms with Crippen LogP contribution in [0.4, 0.5) is 5.82 Å². The van der Waals surface area contributed by atoms with E-state index in [0.717, 1.165) is 0 Å². The van der Waals surface area contributed by atoms with Gasteiger partial charge in [0.05, 0.1) is 6.20 Å². The van der Waals surface area contributed by atoms with Crippen molar-refractivity contribution in [2.75, 3.05) is 4.72 Å². The summed E-state index contributed by atoms with van der Waals surface area (Å²) in [6, 6.07) is 1.42. The van der Waals surface area contributed by atoms with Crippen LogP contribution < -0.4 is 4.72 Å². The third-order valence-electron chi connectivity index (χ3n) is 1.92. The molecular weight excluding hydrogens is 232 g/mol. The largest absolute Gasteiger partial charge is 0.363 e. The van der Waals surface area contributed by atoms with Crippen LogP contribution in [0.1, 0.15) is 6.92 Å². The summed E-state index contributed by atoms with van der Waals surface area (Å²) in [4.78, 5) is 0.0948. The van der Waals surface area contributed by atoms with E-state index in [1.807, 2.05) is 6.92 Å². The molecule has 0 atom stereocenters. The summed E-state index contributed by atoms with van der Waals surface area (Å²) in [5, 5.41) is 7.35. The van der Waals surface area contributed by atoms with E-state index in [9.17, 15) is 8.42 Å². The Morgan fingerprint density at radius 3 is 2.94 bits per heavy atom. The summed E-state index contributed by atoms with van der Waals surface area (Å²) >= 11 is 0. The summed E-state index contributed by atoms with van der Waals surface area (Å²) < 4.78 is 31.9. The Bertz CT molecular complexity index is 558. The molecule has 0 amide bonds. The van der Waals surface area contributed by atoms with Crippen molar-refractivity contribution in [1.82, 2.24) is 14.9 Å². The summed E-state index contributed by atoms with van der Waals surface area (Å²) in [5.74, 6) is 0.143. The molecule has 2 aromatic heterocycles. The van der Waals surface area contributed by atoms with Crippen molar-refractivity contribution >= 4 is 15.8 Å². The van der Waals surface area contributed by atoms with Crippen LogP contribution in [0.15, 0.2) is 34.1 Å². The minimum Gasteiger partial charge on any atom is -0.363 e. The number of hydrogen-bond acceptors (Lipinski definition) is 5. The molecule has 2 heterocycles. The van der Waals surface area contributed by atoms with Gasteiger partial charge in [-0.15, -0.1) is 0 Å². The monoisotopic (exact) mass is 242 g/mol. The van der Waals surface area contributed by atoms with Crippen LogP contribution in [0.25, 0.3) is 0 Å². The highest BCUT2D eigenvalue weighted by atomic mass is 32.2. The van der Waals surface area contributed by atoms with E-state index in [2.05, 4.69) is 19.5 Å². The van der Waals surface area contributed by atoms with Gasteiger partial charge in [0.1, 0.15) is 11.2 Å². The fourth-order valence-electron chi connectivity index (χ4n) is 1.12. The molecule has 0 radical (unpaired) electrons. The van der Waals surface area contributed by atoms with Gasteiger partial charge in [-0.1, -0.05) is 5.16 Å². The van der Waals surface area contributed by atoms with E-state index < -0.39 is 10.0 Å². The first-order valence-electron chi connectivity index (χ1n) is 4.57. The molecule has 0 unspecified atom stereocenters. The lowest BCUT2D eigenvalue weighted by molar-refractivity contribution is 0.423.